The predicted molar refractivity (Wildman–Crippen MR) is 98.7 cm³/mol. The van der Waals surface area contributed by atoms with Crippen LogP contribution in [0.2, 0.25) is 0 Å². The number of ether oxygens (including phenoxy) is 2. The molecular formula is C21H24FNO3. The van der Waals surface area contributed by atoms with Crippen LogP contribution >= 0.6 is 0 Å². The minimum Gasteiger partial charge on any atom is -0.385 e. The number of halogens is 1. The molecular weight excluding hydrogens is 333 g/mol. The molecule has 1 saturated heterocycles. The molecule has 4 nitrogen and oxygen atoms in total. The van der Waals surface area contributed by atoms with Gasteiger partial charge in [0.25, 0.3) is 5.91 Å². The summed E-state index contributed by atoms with van der Waals surface area (Å²) in [6.07, 6.45) is 0.803. The van der Waals surface area contributed by atoms with Crippen LogP contribution in [-0.2, 0) is 9.47 Å². The van der Waals surface area contributed by atoms with E-state index in [1.165, 1.54) is 12.1 Å². The van der Waals surface area contributed by atoms with Crippen LogP contribution in [-0.4, -0.2) is 50.3 Å². The molecule has 3 rings (SSSR count). The summed E-state index contributed by atoms with van der Waals surface area (Å²) in [7, 11) is 1.66. The first-order chi connectivity index (χ1) is 12.6. The average Bonchev–Trinajstić information content (AvgIpc) is 2.66. The van der Waals surface area contributed by atoms with Crippen LogP contribution in [0.1, 0.15) is 22.3 Å². The smallest absolute Gasteiger partial charge is 0.254 e. The molecule has 1 aliphatic rings. The third kappa shape index (κ3) is 4.29. The van der Waals surface area contributed by atoms with E-state index in [9.17, 15) is 9.18 Å². The van der Waals surface area contributed by atoms with Crippen molar-refractivity contribution < 1.29 is 18.7 Å². The summed E-state index contributed by atoms with van der Waals surface area (Å²) in [5.74, 6) is -0.230. The first kappa shape index (κ1) is 18.5. The van der Waals surface area contributed by atoms with Gasteiger partial charge in [0.2, 0.25) is 0 Å². The van der Waals surface area contributed by atoms with Gasteiger partial charge in [-0.2, -0.15) is 0 Å². The third-order valence-corrected chi connectivity index (χ3v) is 4.70. The number of hydrogen-bond donors (Lipinski definition) is 0. The molecule has 1 aliphatic heterocycles. The topological polar surface area (TPSA) is 38.8 Å². The predicted octanol–water partition coefficient (Wildman–Crippen LogP) is 3.68. The SMILES string of the molecule is COCCC1CN(C(=O)c2ccc(-c3ccc(F)cc3C)cc2)CCO1. The van der Waals surface area contributed by atoms with Gasteiger partial charge < -0.3 is 14.4 Å². The van der Waals surface area contributed by atoms with Gasteiger partial charge in [-0.3, -0.25) is 4.79 Å². The lowest BCUT2D eigenvalue weighted by molar-refractivity contribution is -0.0332. The van der Waals surface area contributed by atoms with E-state index in [0.29, 0.717) is 31.9 Å². The first-order valence-corrected chi connectivity index (χ1v) is 8.85. The van der Waals surface area contributed by atoms with E-state index in [1.54, 1.807) is 13.2 Å². The molecule has 1 unspecified atom stereocenters. The van der Waals surface area contributed by atoms with Crippen molar-refractivity contribution in [3.05, 3.63) is 59.4 Å². The number of hydrogen-bond acceptors (Lipinski definition) is 3. The lowest BCUT2D eigenvalue weighted by atomic mass is 9.99. The van der Waals surface area contributed by atoms with Crippen LogP contribution < -0.4 is 0 Å². The van der Waals surface area contributed by atoms with Crippen molar-refractivity contribution in [3.8, 4) is 11.1 Å². The zero-order valence-corrected chi connectivity index (χ0v) is 15.2. The van der Waals surface area contributed by atoms with Crippen molar-refractivity contribution in [1.29, 1.82) is 0 Å². The number of aryl methyl sites for hydroxylation is 1. The highest BCUT2D eigenvalue weighted by atomic mass is 19.1. The number of amides is 1. The van der Waals surface area contributed by atoms with Crippen LogP contribution in [0.4, 0.5) is 4.39 Å². The molecule has 0 aliphatic carbocycles. The normalized spacial score (nSPS) is 17.3. The molecule has 26 heavy (non-hydrogen) atoms. The summed E-state index contributed by atoms with van der Waals surface area (Å²) in [4.78, 5) is 14.6. The van der Waals surface area contributed by atoms with E-state index in [0.717, 1.165) is 23.1 Å². The second-order valence-electron chi connectivity index (χ2n) is 6.56. The Kier molecular flexibility index (Phi) is 6.01. The molecule has 138 valence electrons. The molecule has 0 bridgehead atoms. The van der Waals surface area contributed by atoms with Crippen LogP contribution in [0.5, 0.6) is 0 Å². The second-order valence-corrected chi connectivity index (χ2v) is 6.56. The van der Waals surface area contributed by atoms with Crippen molar-refractivity contribution >= 4 is 5.91 Å². The van der Waals surface area contributed by atoms with Gasteiger partial charge in [0, 0.05) is 32.4 Å². The van der Waals surface area contributed by atoms with Crippen molar-refractivity contribution in [1.82, 2.24) is 4.90 Å². The van der Waals surface area contributed by atoms with Crippen LogP contribution in [0.3, 0.4) is 0 Å². The Labute approximate surface area is 153 Å². The minimum atomic E-state index is -0.242. The highest BCUT2D eigenvalue weighted by Crippen LogP contribution is 2.25. The average molecular weight is 357 g/mol. The summed E-state index contributed by atoms with van der Waals surface area (Å²) in [5, 5.41) is 0. The van der Waals surface area contributed by atoms with E-state index >= 15 is 0 Å². The standard InChI is InChI=1S/C21H24FNO3/c1-15-13-18(22)7-8-20(15)16-3-5-17(6-4-16)21(24)23-10-12-26-19(14-23)9-11-25-2/h3-8,13,19H,9-12,14H2,1-2H3. The lowest BCUT2D eigenvalue weighted by Crippen LogP contribution is -2.45. The number of carbonyl (C=O) groups excluding carboxylic acids is 1. The van der Waals surface area contributed by atoms with Gasteiger partial charge in [0.05, 0.1) is 12.7 Å². The minimum absolute atomic E-state index is 0.0121. The van der Waals surface area contributed by atoms with Gasteiger partial charge in [-0.1, -0.05) is 18.2 Å². The zero-order valence-electron chi connectivity index (χ0n) is 15.2. The van der Waals surface area contributed by atoms with E-state index in [1.807, 2.05) is 36.1 Å². The van der Waals surface area contributed by atoms with E-state index < -0.39 is 0 Å². The molecule has 2 aromatic carbocycles. The molecule has 2 aromatic rings. The molecule has 0 saturated carbocycles. The zero-order chi connectivity index (χ0) is 18.5. The Hall–Kier alpha value is -2.24. The van der Waals surface area contributed by atoms with Crippen LogP contribution in [0.15, 0.2) is 42.5 Å². The highest BCUT2D eigenvalue weighted by molar-refractivity contribution is 5.94. The fraction of sp³-hybridized carbons (Fsp3) is 0.381. The molecule has 1 atom stereocenters. The maximum Gasteiger partial charge on any atom is 0.254 e. The number of morpholine rings is 1. The maximum atomic E-state index is 13.3. The molecule has 1 amide bonds. The van der Waals surface area contributed by atoms with E-state index in [4.69, 9.17) is 9.47 Å². The van der Waals surface area contributed by atoms with E-state index in [-0.39, 0.29) is 17.8 Å². The summed E-state index contributed by atoms with van der Waals surface area (Å²) < 4.78 is 24.1. The number of nitrogens with zero attached hydrogens (tertiary/aromatic N) is 1. The number of rotatable bonds is 5. The quantitative estimate of drug-likeness (QED) is 0.819. The van der Waals surface area contributed by atoms with Crippen LogP contribution in [0.25, 0.3) is 11.1 Å². The molecule has 0 spiro atoms. The second kappa shape index (κ2) is 8.43. The number of carbonyl (C=O) groups is 1. The molecule has 0 N–H and O–H groups in total. The Morgan fingerprint density at radius 3 is 2.73 bits per heavy atom. The van der Waals surface area contributed by atoms with Gasteiger partial charge in [-0.05, 0) is 54.3 Å². The van der Waals surface area contributed by atoms with Gasteiger partial charge in [-0.15, -0.1) is 0 Å². The monoisotopic (exact) mass is 357 g/mol. The fourth-order valence-electron chi connectivity index (χ4n) is 3.25. The van der Waals surface area contributed by atoms with Crippen LogP contribution in [0, 0.1) is 12.7 Å². The largest absolute Gasteiger partial charge is 0.385 e. The third-order valence-electron chi connectivity index (χ3n) is 4.70. The summed E-state index contributed by atoms with van der Waals surface area (Å²) in [5.41, 5.74) is 3.47. The number of benzene rings is 2. The van der Waals surface area contributed by atoms with Gasteiger partial charge >= 0.3 is 0 Å². The summed E-state index contributed by atoms with van der Waals surface area (Å²) in [6.45, 7) is 4.24. The van der Waals surface area contributed by atoms with Crippen molar-refractivity contribution in [2.75, 3.05) is 33.4 Å². The van der Waals surface area contributed by atoms with Crippen molar-refractivity contribution in [2.45, 2.75) is 19.4 Å². The molecule has 5 heteroatoms. The Bertz CT molecular complexity index is 760. The van der Waals surface area contributed by atoms with Gasteiger partial charge in [0.15, 0.2) is 0 Å². The van der Waals surface area contributed by atoms with Crippen molar-refractivity contribution in [3.63, 3.8) is 0 Å². The fourth-order valence-corrected chi connectivity index (χ4v) is 3.25. The lowest BCUT2D eigenvalue weighted by Gasteiger charge is -2.33. The number of methoxy groups -OCH3 is 1. The highest BCUT2D eigenvalue weighted by Gasteiger charge is 2.24. The van der Waals surface area contributed by atoms with Gasteiger partial charge in [0.1, 0.15) is 5.82 Å². The van der Waals surface area contributed by atoms with E-state index in [2.05, 4.69) is 0 Å². The maximum absolute atomic E-state index is 13.3. The van der Waals surface area contributed by atoms with Crippen molar-refractivity contribution in [2.24, 2.45) is 0 Å². The Morgan fingerprint density at radius 2 is 2.04 bits per heavy atom. The molecule has 1 heterocycles. The van der Waals surface area contributed by atoms with Gasteiger partial charge in [-0.25, -0.2) is 4.39 Å². The first-order valence-electron chi connectivity index (χ1n) is 8.85. The Balaban J connectivity index is 1.70. The molecule has 0 radical (unpaired) electrons. The summed E-state index contributed by atoms with van der Waals surface area (Å²) in [6, 6.07) is 12.2. The molecule has 0 aromatic heterocycles. The molecule has 1 fully saturated rings. The summed E-state index contributed by atoms with van der Waals surface area (Å²) >= 11 is 0. The Morgan fingerprint density at radius 1 is 1.27 bits per heavy atom.